The van der Waals surface area contributed by atoms with Gasteiger partial charge in [-0.15, -0.1) is 0 Å². The number of aromatic nitrogens is 1. The van der Waals surface area contributed by atoms with Crippen molar-refractivity contribution in [3.05, 3.63) is 23.4 Å². The summed E-state index contributed by atoms with van der Waals surface area (Å²) in [7, 11) is 0. The summed E-state index contributed by atoms with van der Waals surface area (Å²) in [6.45, 7) is 7.12. The summed E-state index contributed by atoms with van der Waals surface area (Å²) in [5.74, 6) is 1.50. The highest BCUT2D eigenvalue weighted by atomic mass is 16.5. The normalized spacial score (nSPS) is 16.2. The van der Waals surface area contributed by atoms with Crippen LogP contribution in [0.2, 0.25) is 0 Å². The lowest BCUT2D eigenvalue weighted by atomic mass is 9.83. The summed E-state index contributed by atoms with van der Waals surface area (Å²) in [5, 5.41) is 9.33. The molecular formula is C16H25NO2. The molecule has 0 saturated heterocycles. The Labute approximate surface area is 116 Å². The molecule has 1 N–H and O–H groups in total. The molecule has 1 aliphatic carbocycles. The number of aliphatic hydroxyl groups excluding tert-OH is 1. The van der Waals surface area contributed by atoms with Gasteiger partial charge in [0.25, 0.3) is 0 Å². The van der Waals surface area contributed by atoms with E-state index in [2.05, 4.69) is 25.8 Å². The molecule has 0 aromatic carbocycles. The Kier molecular flexibility index (Phi) is 4.46. The molecule has 1 aliphatic rings. The maximum absolute atomic E-state index is 9.33. The zero-order chi connectivity index (χ0) is 13.9. The number of rotatable bonds is 5. The van der Waals surface area contributed by atoms with Crippen LogP contribution in [0, 0.1) is 5.92 Å². The monoisotopic (exact) mass is 263 g/mol. The number of hydrogen-bond acceptors (Lipinski definition) is 3. The van der Waals surface area contributed by atoms with E-state index in [1.807, 2.05) is 12.1 Å². The minimum atomic E-state index is -0.0305. The Morgan fingerprint density at radius 3 is 2.58 bits per heavy atom. The first-order chi connectivity index (χ1) is 8.99. The molecule has 1 saturated carbocycles. The minimum Gasteiger partial charge on any atom is -0.478 e. The van der Waals surface area contributed by atoms with E-state index in [-0.39, 0.29) is 12.0 Å². The molecule has 1 aromatic heterocycles. The second-order valence-electron chi connectivity index (χ2n) is 6.54. The maximum atomic E-state index is 9.33. The second-order valence-corrected chi connectivity index (χ2v) is 6.54. The molecule has 0 amide bonds. The Balaban J connectivity index is 2.01. The zero-order valence-corrected chi connectivity index (χ0v) is 12.3. The summed E-state index contributed by atoms with van der Waals surface area (Å²) < 4.78 is 5.77. The van der Waals surface area contributed by atoms with Crippen LogP contribution in [0.3, 0.4) is 0 Å². The lowest BCUT2D eigenvalue weighted by Crippen LogP contribution is -2.17. The van der Waals surface area contributed by atoms with Crippen LogP contribution < -0.4 is 4.74 Å². The van der Waals surface area contributed by atoms with Gasteiger partial charge in [-0.3, -0.25) is 0 Å². The number of pyridine rings is 1. The Hall–Kier alpha value is -1.09. The standard InChI is InChI=1S/C16H25NO2/c1-16(2,3)14-9-13(11-18)10-15(17-14)19-8-7-12-5-4-6-12/h9-10,12,18H,4-8,11H2,1-3H3. The molecule has 0 bridgehead atoms. The van der Waals surface area contributed by atoms with Crippen LogP contribution in [-0.2, 0) is 12.0 Å². The van der Waals surface area contributed by atoms with Crippen LogP contribution in [0.1, 0.15) is 57.7 Å². The van der Waals surface area contributed by atoms with Crippen molar-refractivity contribution in [2.45, 2.75) is 58.5 Å². The SMILES string of the molecule is CC(C)(C)c1cc(CO)cc(OCCC2CCC2)n1. The number of hydrogen-bond donors (Lipinski definition) is 1. The minimum absolute atomic E-state index is 0.0305. The summed E-state index contributed by atoms with van der Waals surface area (Å²) in [6.07, 6.45) is 5.19. The van der Waals surface area contributed by atoms with E-state index in [4.69, 9.17) is 4.74 Å². The van der Waals surface area contributed by atoms with E-state index < -0.39 is 0 Å². The molecule has 106 valence electrons. The topological polar surface area (TPSA) is 42.4 Å². The van der Waals surface area contributed by atoms with Crippen molar-refractivity contribution in [3.8, 4) is 5.88 Å². The Morgan fingerprint density at radius 2 is 2.05 bits per heavy atom. The lowest BCUT2D eigenvalue weighted by molar-refractivity contribution is 0.215. The number of ether oxygens (including phenoxy) is 1. The van der Waals surface area contributed by atoms with Crippen molar-refractivity contribution >= 4 is 0 Å². The third kappa shape index (κ3) is 3.93. The largest absolute Gasteiger partial charge is 0.478 e. The fourth-order valence-corrected chi connectivity index (χ4v) is 2.22. The van der Waals surface area contributed by atoms with E-state index in [0.717, 1.165) is 30.2 Å². The molecule has 1 aromatic rings. The molecule has 0 unspecified atom stereocenters. The van der Waals surface area contributed by atoms with Gasteiger partial charge in [0.1, 0.15) is 0 Å². The van der Waals surface area contributed by atoms with Gasteiger partial charge in [-0.2, -0.15) is 0 Å². The van der Waals surface area contributed by atoms with Crippen LogP contribution in [0.5, 0.6) is 5.88 Å². The molecule has 0 aliphatic heterocycles. The van der Waals surface area contributed by atoms with E-state index in [1.165, 1.54) is 19.3 Å². The molecular weight excluding hydrogens is 238 g/mol. The van der Waals surface area contributed by atoms with Gasteiger partial charge < -0.3 is 9.84 Å². The predicted molar refractivity (Wildman–Crippen MR) is 76.3 cm³/mol. The lowest BCUT2D eigenvalue weighted by Gasteiger charge is -2.25. The van der Waals surface area contributed by atoms with Crippen LogP contribution in [0.25, 0.3) is 0 Å². The molecule has 1 heterocycles. The summed E-state index contributed by atoms with van der Waals surface area (Å²) >= 11 is 0. The van der Waals surface area contributed by atoms with Crippen LogP contribution in [0.15, 0.2) is 12.1 Å². The summed E-state index contributed by atoms with van der Waals surface area (Å²) in [5.41, 5.74) is 1.81. The molecule has 3 nitrogen and oxygen atoms in total. The van der Waals surface area contributed by atoms with E-state index in [1.54, 1.807) is 0 Å². The molecule has 0 radical (unpaired) electrons. The molecule has 0 spiro atoms. The molecule has 2 rings (SSSR count). The van der Waals surface area contributed by atoms with Crippen LogP contribution >= 0.6 is 0 Å². The highest BCUT2D eigenvalue weighted by molar-refractivity contribution is 5.28. The van der Waals surface area contributed by atoms with Crippen LogP contribution in [-0.4, -0.2) is 16.7 Å². The van der Waals surface area contributed by atoms with Gasteiger partial charge in [-0.05, 0) is 24.0 Å². The van der Waals surface area contributed by atoms with E-state index >= 15 is 0 Å². The fraction of sp³-hybridized carbons (Fsp3) is 0.688. The third-order valence-electron chi connectivity index (χ3n) is 3.81. The van der Waals surface area contributed by atoms with Gasteiger partial charge in [-0.1, -0.05) is 40.0 Å². The van der Waals surface area contributed by atoms with Crippen molar-refractivity contribution < 1.29 is 9.84 Å². The Morgan fingerprint density at radius 1 is 1.32 bits per heavy atom. The summed E-state index contributed by atoms with van der Waals surface area (Å²) in [4.78, 5) is 4.56. The number of nitrogens with zero attached hydrogens (tertiary/aromatic N) is 1. The van der Waals surface area contributed by atoms with Crippen LogP contribution in [0.4, 0.5) is 0 Å². The first-order valence-corrected chi connectivity index (χ1v) is 7.24. The second kappa shape index (κ2) is 5.91. The molecule has 19 heavy (non-hydrogen) atoms. The van der Waals surface area contributed by atoms with Crippen molar-refractivity contribution in [1.29, 1.82) is 0 Å². The van der Waals surface area contributed by atoms with Gasteiger partial charge in [0.15, 0.2) is 0 Å². The maximum Gasteiger partial charge on any atom is 0.213 e. The average molecular weight is 263 g/mol. The Bertz CT molecular complexity index is 419. The van der Waals surface area contributed by atoms with Crippen molar-refractivity contribution in [3.63, 3.8) is 0 Å². The smallest absolute Gasteiger partial charge is 0.213 e. The van der Waals surface area contributed by atoms with E-state index in [0.29, 0.717) is 5.88 Å². The van der Waals surface area contributed by atoms with Gasteiger partial charge in [-0.25, -0.2) is 4.98 Å². The molecule has 1 fully saturated rings. The first kappa shape index (κ1) is 14.3. The van der Waals surface area contributed by atoms with Crippen molar-refractivity contribution in [2.24, 2.45) is 5.92 Å². The fourth-order valence-electron chi connectivity index (χ4n) is 2.22. The van der Waals surface area contributed by atoms with Gasteiger partial charge in [0.05, 0.1) is 18.9 Å². The highest BCUT2D eigenvalue weighted by Gasteiger charge is 2.19. The number of aliphatic hydroxyl groups is 1. The first-order valence-electron chi connectivity index (χ1n) is 7.24. The average Bonchev–Trinajstić information content (AvgIpc) is 2.31. The van der Waals surface area contributed by atoms with Gasteiger partial charge in [0.2, 0.25) is 5.88 Å². The summed E-state index contributed by atoms with van der Waals surface area (Å²) in [6, 6.07) is 3.80. The third-order valence-corrected chi connectivity index (χ3v) is 3.81. The zero-order valence-electron chi connectivity index (χ0n) is 12.3. The van der Waals surface area contributed by atoms with Gasteiger partial charge >= 0.3 is 0 Å². The quantitative estimate of drug-likeness (QED) is 0.885. The van der Waals surface area contributed by atoms with Crippen molar-refractivity contribution in [1.82, 2.24) is 4.98 Å². The molecule has 0 atom stereocenters. The van der Waals surface area contributed by atoms with E-state index in [9.17, 15) is 5.11 Å². The van der Waals surface area contributed by atoms with Crippen molar-refractivity contribution in [2.75, 3.05) is 6.61 Å². The predicted octanol–water partition coefficient (Wildman–Crippen LogP) is 3.44. The highest BCUT2D eigenvalue weighted by Crippen LogP contribution is 2.29. The van der Waals surface area contributed by atoms with Gasteiger partial charge in [0, 0.05) is 11.5 Å². The molecule has 3 heteroatoms.